The van der Waals surface area contributed by atoms with E-state index in [4.69, 9.17) is 5.73 Å². The lowest BCUT2D eigenvalue weighted by Crippen LogP contribution is -2.46. The first-order chi connectivity index (χ1) is 15.6. The van der Waals surface area contributed by atoms with Crippen LogP contribution in [0, 0.1) is 18.3 Å². The lowest BCUT2D eigenvalue weighted by Gasteiger charge is -2.27. The van der Waals surface area contributed by atoms with Gasteiger partial charge in [0, 0.05) is 37.1 Å². The van der Waals surface area contributed by atoms with Crippen LogP contribution in [0.25, 0.3) is 10.9 Å². The van der Waals surface area contributed by atoms with E-state index in [1.165, 1.54) is 5.56 Å². The van der Waals surface area contributed by atoms with Gasteiger partial charge in [-0.1, -0.05) is 48.5 Å². The third kappa shape index (κ3) is 3.98. The third-order valence-corrected chi connectivity index (χ3v) is 6.77. The normalized spacial score (nSPS) is 22.9. The highest BCUT2D eigenvalue weighted by Gasteiger charge is 2.50. The van der Waals surface area contributed by atoms with Crippen LogP contribution in [0.2, 0.25) is 0 Å². The number of benzene rings is 2. The standard InChI is InChI=1S/C26H27N4O2/c27-25(31)24-22-17-30(26(32)20-13-19-10-4-5-11-23(19)28-14-20)16-21(22)15-29(24)12-6-9-18-7-2-1-3-8-18/h1-5,7-11,13-14,21-22,24H,6,12,15-17H2,(H2,27,31)/t21?,22-,24?/m1/s1. The highest BCUT2D eigenvalue weighted by atomic mass is 16.2. The van der Waals surface area contributed by atoms with Gasteiger partial charge in [-0.25, -0.2) is 0 Å². The maximum Gasteiger partial charge on any atom is 0.255 e. The first-order valence-corrected chi connectivity index (χ1v) is 11.2. The molecule has 0 aliphatic carbocycles. The summed E-state index contributed by atoms with van der Waals surface area (Å²) in [5, 5.41) is 0.952. The molecule has 163 valence electrons. The van der Waals surface area contributed by atoms with Gasteiger partial charge in [-0.05, 0) is 43.0 Å². The number of pyridine rings is 1. The maximum absolute atomic E-state index is 13.2. The monoisotopic (exact) mass is 427 g/mol. The van der Waals surface area contributed by atoms with Crippen LogP contribution >= 0.6 is 0 Å². The molecule has 3 atom stereocenters. The molecule has 1 radical (unpaired) electrons. The van der Waals surface area contributed by atoms with Gasteiger partial charge >= 0.3 is 0 Å². The zero-order valence-electron chi connectivity index (χ0n) is 17.9. The van der Waals surface area contributed by atoms with Crippen molar-refractivity contribution < 1.29 is 9.59 Å². The lowest BCUT2D eigenvalue weighted by molar-refractivity contribution is -0.123. The molecule has 32 heavy (non-hydrogen) atoms. The van der Waals surface area contributed by atoms with Crippen molar-refractivity contribution in [1.29, 1.82) is 0 Å². The number of carbonyl (C=O) groups is 2. The number of para-hydroxylation sites is 1. The van der Waals surface area contributed by atoms with Crippen LogP contribution in [0.4, 0.5) is 0 Å². The van der Waals surface area contributed by atoms with E-state index in [0.29, 0.717) is 18.7 Å². The van der Waals surface area contributed by atoms with Gasteiger partial charge in [0.1, 0.15) is 0 Å². The smallest absolute Gasteiger partial charge is 0.255 e. The number of hydrogen-bond donors (Lipinski definition) is 1. The van der Waals surface area contributed by atoms with Crippen molar-refractivity contribution in [1.82, 2.24) is 14.8 Å². The summed E-state index contributed by atoms with van der Waals surface area (Å²) in [6, 6.07) is 19.6. The second-order valence-corrected chi connectivity index (χ2v) is 8.80. The number of hydrogen-bond acceptors (Lipinski definition) is 4. The predicted molar refractivity (Wildman–Crippen MR) is 124 cm³/mol. The molecule has 3 heterocycles. The van der Waals surface area contributed by atoms with Crippen molar-refractivity contribution in [3.63, 3.8) is 0 Å². The average Bonchev–Trinajstić information content (AvgIpc) is 3.36. The Morgan fingerprint density at radius 3 is 2.62 bits per heavy atom. The van der Waals surface area contributed by atoms with Crippen LogP contribution in [-0.4, -0.2) is 58.8 Å². The number of rotatable bonds is 6. The maximum atomic E-state index is 13.2. The van der Waals surface area contributed by atoms with E-state index in [1.807, 2.05) is 53.4 Å². The highest BCUT2D eigenvalue weighted by molar-refractivity contribution is 5.97. The van der Waals surface area contributed by atoms with Gasteiger partial charge < -0.3 is 10.6 Å². The van der Waals surface area contributed by atoms with Crippen molar-refractivity contribution in [2.75, 3.05) is 26.2 Å². The largest absolute Gasteiger partial charge is 0.368 e. The number of nitrogens with zero attached hydrogens (tertiary/aromatic N) is 3. The van der Waals surface area contributed by atoms with E-state index in [9.17, 15) is 9.59 Å². The molecule has 6 heteroatoms. The summed E-state index contributed by atoms with van der Waals surface area (Å²) in [6.07, 6.45) is 4.70. The van der Waals surface area contributed by atoms with Crippen molar-refractivity contribution in [2.45, 2.75) is 12.5 Å². The summed E-state index contributed by atoms with van der Waals surface area (Å²) >= 11 is 0. The first kappa shape index (κ1) is 20.6. The van der Waals surface area contributed by atoms with Gasteiger partial charge in [0.2, 0.25) is 5.91 Å². The Kier molecular flexibility index (Phi) is 5.62. The van der Waals surface area contributed by atoms with Crippen LogP contribution < -0.4 is 5.73 Å². The van der Waals surface area contributed by atoms with Gasteiger partial charge in [0.25, 0.3) is 5.91 Å². The number of nitrogens with two attached hydrogens (primary N) is 1. The Hall–Kier alpha value is -3.25. The Morgan fingerprint density at radius 2 is 1.81 bits per heavy atom. The van der Waals surface area contributed by atoms with Crippen LogP contribution in [0.1, 0.15) is 22.3 Å². The summed E-state index contributed by atoms with van der Waals surface area (Å²) < 4.78 is 0. The Bertz CT molecular complexity index is 1130. The van der Waals surface area contributed by atoms with Crippen LogP contribution in [-0.2, 0) is 4.79 Å². The van der Waals surface area contributed by atoms with Gasteiger partial charge in [-0.3, -0.25) is 19.5 Å². The number of likely N-dealkylation sites (tertiary alicyclic amines) is 2. The minimum atomic E-state index is -0.322. The van der Waals surface area contributed by atoms with Gasteiger partial charge in [-0.2, -0.15) is 0 Å². The van der Waals surface area contributed by atoms with E-state index in [1.54, 1.807) is 6.20 Å². The zero-order chi connectivity index (χ0) is 22.1. The number of carbonyl (C=O) groups excluding carboxylic acids is 2. The van der Waals surface area contributed by atoms with Crippen molar-refractivity contribution in [2.24, 2.45) is 17.6 Å². The second-order valence-electron chi connectivity index (χ2n) is 8.80. The number of amides is 2. The van der Waals surface area contributed by atoms with E-state index >= 15 is 0 Å². The number of primary amides is 1. The molecule has 0 bridgehead atoms. The molecule has 2 amide bonds. The van der Waals surface area contributed by atoms with Crippen LogP contribution in [0.5, 0.6) is 0 Å². The van der Waals surface area contributed by atoms with E-state index in [0.717, 1.165) is 30.4 Å². The number of aromatic nitrogens is 1. The molecule has 2 aliphatic heterocycles. The second kappa shape index (κ2) is 8.71. The summed E-state index contributed by atoms with van der Waals surface area (Å²) in [6.45, 7) is 2.79. The zero-order valence-corrected chi connectivity index (χ0v) is 17.9. The van der Waals surface area contributed by atoms with Gasteiger partial charge in [0.15, 0.2) is 0 Å². The summed E-state index contributed by atoms with van der Waals surface area (Å²) in [5.74, 6) is 0.0342. The molecule has 1 aromatic heterocycles. The quantitative estimate of drug-likeness (QED) is 0.656. The van der Waals surface area contributed by atoms with Gasteiger partial charge in [0.05, 0.1) is 17.1 Å². The molecule has 6 nitrogen and oxygen atoms in total. The van der Waals surface area contributed by atoms with Crippen molar-refractivity contribution >= 4 is 22.7 Å². The van der Waals surface area contributed by atoms with Crippen LogP contribution in [0.3, 0.4) is 0 Å². The Labute approximate surface area is 188 Å². The molecule has 2 aliphatic rings. The van der Waals surface area contributed by atoms with Crippen LogP contribution in [0.15, 0.2) is 66.9 Å². The Morgan fingerprint density at radius 1 is 1.03 bits per heavy atom. The summed E-state index contributed by atoms with van der Waals surface area (Å²) in [7, 11) is 0. The Balaban J connectivity index is 1.24. The van der Waals surface area contributed by atoms with Crippen molar-refractivity contribution in [3.8, 4) is 0 Å². The molecule has 5 rings (SSSR count). The topological polar surface area (TPSA) is 79.5 Å². The molecule has 2 aromatic carbocycles. The minimum absolute atomic E-state index is 0.0233. The van der Waals surface area contributed by atoms with E-state index < -0.39 is 0 Å². The molecular weight excluding hydrogens is 400 g/mol. The molecular formula is C26H27N4O2. The molecule has 2 N–H and O–H groups in total. The highest BCUT2D eigenvalue weighted by Crippen LogP contribution is 2.37. The van der Waals surface area contributed by atoms with E-state index in [-0.39, 0.29) is 29.7 Å². The molecule has 0 saturated carbocycles. The first-order valence-electron chi connectivity index (χ1n) is 11.2. The fourth-order valence-corrected chi connectivity index (χ4v) is 5.28. The average molecular weight is 428 g/mol. The molecule has 0 spiro atoms. The molecule has 2 fully saturated rings. The lowest BCUT2D eigenvalue weighted by atomic mass is 9.94. The fraction of sp³-hybridized carbons (Fsp3) is 0.308. The molecule has 2 unspecified atom stereocenters. The van der Waals surface area contributed by atoms with Gasteiger partial charge in [-0.15, -0.1) is 0 Å². The summed E-state index contributed by atoms with van der Waals surface area (Å²) in [5.41, 5.74) is 8.47. The third-order valence-electron chi connectivity index (χ3n) is 6.77. The molecule has 3 aromatic rings. The number of fused-ring (bicyclic) bond motifs is 2. The van der Waals surface area contributed by atoms with E-state index in [2.05, 4.69) is 28.4 Å². The summed E-state index contributed by atoms with van der Waals surface area (Å²) in [4.78, 5) is 34.0. The minimum Gasteiger partial charge on any atom is -0.368 e. The SMILES string of the molecule is NC(=O)C1[C@@H]2CN(C(=O)c3cnc4ccccc4c3)CC2CN1CC[CH]c1ccccc1. The predicted octanol–water partition coefficient (Wildman–Crippen LogP) is 2.74. The molecule has 2 saturated heterocycles. The van der Waals surface area contributed by atoms with Crippen molar-refractivity contribution in [3.05, 3.63) is 84.4 Å². The fourth-order valence-electron chi connectivity index (χ4n) is 5.28.